The van der Waals surface area contributed by atoms with E-state index in [1.54, 1.807) is 6.92 Å². The van der Waals surface area contributed by atoms with Crippen molar-refractivity contribution in [2.45, 2.75) is 13.0 Å². The van der Waals surface area contributed by atoms with Gasteiger partial charge in [0.1, 0.15) is 11.6 Å². The van der Waals surface area contributed by atoms with Crippen LogP contribution in [-0.4, -0.2) is 28.9 Å². The van der Waals surface area contributed by atoms with E-state index in [0.29, 0.717) is 6.07 Å². The Morgan fingerprint density at radius 3 is 2.53 bits per heavy atom. The van der Waals surface area contributed by atoms with Crippen molar-refractivity contribution in [2.75, 3.05) is 7.05 Å². The van der Waals surface area contributed by atoms with Crippen molar-refractivity contribution in [2.24, 2.45) is 5.73 Å². The minimum Gasteiger partial charge on any atom is -0.392 e. The Bertz CT molecular complexity index is 465. The van der Waals surface area contributed by atoms with Crippen LogP contribution in [0.2, 0.25) is 0 Å². The minimum atomic E-state index is -0.906. The van der Waals surface area contributed by atoms with Gasteiger partial charge in [-0.2, -0.15) is 0 Å². The molecular formula is C11H12F2N2OS. The molecule has 3 nitrogen and oxygen atoms in total. The number of rotatable bonds is 3. The predicted octanol–water partition coefficient (Wildman–Crippen LogP) is 1.71. The third-order valence-electron chi connectivity index (χ3n) is 2.47. The van der Waals surface area contributed by atoms with Gasteiger partial charge in [-0.15, -0.1) is 0 Å². The molecule has 92 valence electrons. The van der Waals surface area contributed by atoms with Crippen molar-refractivity contribution in [3.8, 4) is 0 Å². The summed E-state index contributed by atoms with van der Waals surface area (Å²) in [5.41, 5.74) is 5.19. The smallest absolute Gasteiger partial charge is 0.257 e. The first-order valence-electron chi connectivity index (χ1n) is 4.86. The Kier molecular flexibility index (Phi) is 4.11. The zero-order valence-corrected chi connectivity index (χ0v) is 10.2. The van der Waals surface area contributed by atoms with Crippen LogP contribution in [0.1, 0.15) is 17.3 Å². The molecule has 1 amide bonds. The number of nitrogens with two attached hydrogens (primary N) is 1. The molecule has 0 saturated heterocycles. The summed E-state index contributed by atoms with van der Waals surface area (Å²) >= 11 is 4.75. The monoisotopic (exact) mass is 258 g/mol. The predicted molar refractivity (Wildman–Crippen MR) is 64.7 cm³/mol. The zero-order chi connectivity index (χ0) is 13.2. The number of nitrogens with zero attached hydrogens (tertiary/aromatic N) is 1. The Labute approximate surface area is 103 Å². The highest BCUT2D eigenvalue weighted by Crippen LogP contribution is 2.13. The quantitative estimate of drug-likeness (QED) is 0.840. The molecule has 2 N–H and O–H groups in total. The molecule has 0 heterocycles. The average molecular weight is 258 g/mol. The lowest BCUT2D eigenvalue weighted by Gasteiger charge is -2.24. The van der Waals surface area contributed by atoms with Crippen LogP contribution < -0.4 is 5.73 Å². The molecule has 0 fully saturated rings. The zero-order valence-electron chi connectivity index (χ0n) is 9.41. The van der Waals surface area contributed by atoms with E-state index in [1.165, 1.54) is 11.9 Å². The number of halogens is 2. The molecule has 6 heteroatoms. The van der Waals surface area contributed by atoms with Gasteiger partial charge < -0.3 is 10.6 Å². The molecule has 1 unspecified atom stereocenters. The molecule has 0 aromatic heterocycles. The fraction of sp³-hybridized carbons (Fsp3) is 0.273. The number of carbonyl (C=O) groups is 1. The lowest BCUT2D eigenvalue weighted by molar-refractivity contribution is 0.0774. The van der Waals surface area contributed by atoms with Crippen molar-refractivity contribution in [3.63, 3.8) is 0 Å². The van der Waals surface area contributed by atoms with E-state index in [4.69, 9.17) is 18.0 Å². The fourth-order valence-electron chi connectivity index (χ4n) is 1.22. The van der Waals surface area contributed by atoms with Crippen molar-refractivity contribution in [3.05, 3.63) is 35.4 Å². The lowest BCUT2D eigenvalue weighted by atomic mass is 10.1. The van der Waals surface area contributed by atoms with Gasteiger partial charge in [-0.1, -0.05) is 12.2 Å². The summed E-state index contributed by atoms with van der Waals surface area (Å²) in [6.45, 7) is 1.63. The molecule has 17 heavy (non-hydrogen) atoms. The van der Waals surface area contributed by atoms with Crippen LogP contribution >= 0.6 is 12.2 Å². The maximum Gasteiger partial charge on any atom is 0.257 e. The highest BCUT2D eigenvalue weighted by atomic mass is 32.1. The fourth-order valence-corrected chi connectivity index (χ4v) is 1.38. The van der Waals surface area contributed by atoms with Crippen molar-refractivity contribution in [1.29, 1.82) is 0 Å². The lowest BCUT2D eigenvalue weighted by Crippen LogP contribution is -2.43. The van der Waals surface area contributed by atoms with Crippen LogP contribution in [0.3, 0.4) is 0 Å². The highest BCUT2D eigenvalue weighted by molar-refractivity contribution is 7.80. The van der Waals surface area contributed by atoms with E-state index in [1.807, 2.05) is 0 Å². The van der Waals surface area contributed by atoms with Crippen molar-refractivity contribution in [1.82, 2.24) is 4.90 Å². The van der Waals surface area contributed by atoms with E-state index < -0.39 is 23.6 Å². The molecule has 1 atom stereocenters. The summed E-state index contributed by atoms with van der Waals surface area (Å²) in [4.78, 5) is 13.2. The first-order chi connectivity index (χ1) is 7.84. The van der Waals surface area contributed by atoms with Crippen LogP contribution in [0.25, 0.3) is 0 Å². The number of thiocarbonyl (C=S) groups is 1. The van der Waals surface area contributed by atoms with E-state index >= 15 is 0 Å². The van der Waals surface area contributed by atoms with Crippen LogP contribution in [0.15, 0.2) is 18.2 Å². The third kappa shape index (κ3) is 2.97. The van der Waals surface area contributed by atoms with E-state index in [2.05, 4.69) is 0 Å². The van der Waals surface area contributed by atoms with E-state index in [-0.39, 0.29) is 10.6 Å². The number of hydrogen-bond acceptors (Lipinski definition) is 2. The first-order valence-corrected chi connectivity index (χ1v) is 5.27. The van der Waals surface area contributed by atoms with Gasteiger partial charge >= 0.3 is 0 Å². The topological polar surface area (TPSA) is 46.3 Å². The van der Waals surface area contributed by atoms with Gasteiger partial charge in [0.25, 0.3) is 5.91 Å². The second-order valence-corrected chi connectivity index (χ2v) is 4.09. The number of likely N-dealkylation sites (N-methyl/N-ethyl adjacent to an activating group) is 1. The standard InChI is InChI=1S/C11H12F2N2OS/c1-6(10(14)17)15(2)11(16)8-4-3-7(12)5-9(8)13/h3-6H,1-2H3,(H2,14,17). The van der Waals surface area contributed by atoms with Gasteiger partial charge in [-0.05, 0) is 19.1 Å². The highest BCUT2D eigenvalue weighted by Gasteiger charge is 2.22. The molecule has 1 rings (SSSR count). The average Bonchev–Trinajstić information content (AvgIpc) is 2.26. The second-order valence-electron chi connectivity index (χ2n) is 3.62. The van der Waals surface area contributed by atoms with Crippen LogP contribution in [0.5, 0.6) is 0 Å². The maximum atomic E-state index is 13.4. The Balaban J connectivity index is 3.00. The largest absolute Gasteiger partial charge is 0.392 e. The van der Waals surface area contributed by atoms with Crippen LogP contribution in [0, 0.1) is 11.6 Å². The molecule has 0 aliphatic rings. The first kappa shape index (κ1) is 13.5. The van der Waals surface area contributed by atoms with Gasteiger partial charge in [0, 0.05) is 13.1 Å². The summed E-state index contributed by atoms with van der Waals surface area (Å²) in [5.74, 6) is -2.23. The summed E-state index contributed by atoms with van der Waals surface area (Å²) in [5, 5.41) is 0. The van der Waals surface area contributed by atoms with Crippen molar-refractivity contribution >= 4 is 23.1 Å². The normalized spacial score (nSPS) is 12.0. The van der Waals surface area contributed by atoms with Gasteiger partial charge in [0.05, 0.1) is 16.6 Å². The molecule has 1 aromatic carbocycles. The Morgan fingerprint density at radius 2 is 2.06 bits per heavy atom. The van der Waals surface area contributed by atoms with Crippen LogP contribution in [0.4, 0.5) is 8.78 Å². The molecule has 0 radical (unpaired) electrons. The van der Waals surface area contributed by atoms with Gasteiger partial charge in [-0.3, -0.25) is 4.79 Å². The SMILES string of the molecule is CC(C(N)=S)N(C)C(=O)c1ccc(F)cc1F. The number of amides is 1. The molecule has 0 aliphatic carbocycles. The molecule has 0 saturated carbocycles. The molecule has 1 aromatic rings. The van der Waals surface area contributed by atoms with Gasteiger partial charge in [0.2, 0.25) is 0 Å². The number of benzene rings is 1. The Hall–Kier alpha value is -1.56. The van der Waals surface area contributed by atoms with Gasteiger partial charge in [0.15, 0.2) is 0 Å². The van der Waals surface area contributed by atoms with E-state index in [9.17, 15) is 13.6 Å². The molecular weight excluding hydrogens is 246 g/mol. The molecule has 0 aliphatic heterocycles. The summed E-state index contributed by atoms with van der Waals surface area (Å²) in [6.07, 6.45) is 0. The number of hydrogen-bond donors (Lipinski definition) is 1. The maximum absolute atomic E-state index is 13.4. The molecule has 0 bridgehead atoms. The van der Waals surface area contributed by atoms with Crippen LogP contribution in [-0.2, 0) is 0 Å². The third-order valence-corrected chi connectivity index (χ3v) is 2.82. The summed E-state index contributed by atoms with van der Waals surface area (Å²) < 4.78 is 26.1. The number of carbonyl (C=O) groups excluding carboxylic acids is 1. The molecule has 0 spiro atoms. The second kappa shape index (κ2) is 5.18. The Morgan fingerprint density at radius 1 is 1.47 bits per heavy atom. The summed E-state index contributed by atoms with van der Waals surface area (Å²) in [6, 6.07) is 2.28. The van der Waals surface area contributed by atoms with Crippen molar-refractivity contribution < 1.29 is 13.6 Å². The van der Waals surface area contributed by atoms with Gasteiger partial charge in [-0.25, -0.2) is 8.78 Å². The summed E-state index contributed by atoms with van der Waals surface area (Å²) in [7, 11) is 1.45. The van der Waals surface area contributed by atoms with E-state index in [0.717, 1.165) is 12.1 Å². The minimum absolute atomic E-state index is 0.128.